The number of rotatable bonds is 10. The van der Waals surface area contributed by atoms with Crippen molar-refractivity contribution in [2.24, 2.45) is 5.10 Å². The van der Waals surface area contributed by atoms with Crippen molar-refractivity contribution in [3.8, 4) is 11.5 Å². The van der Waals surface area contributed by atoms with Crippen LogP contribution in [-0.2, 0) is 11.2 Å². The van der Waals surface area contributed by atoms with E-state index in [1.54, 1.807) is 7.05 Å². The first-order chi connectivity index (χ1) is 14.5. The van der Waals surface area contributed by atoms with Crippen LogP contribution in [0.1, 0.15) is 24.0 Å². The van der Waals surface area contributed by atoms with E-state index in [4.69, 9.17) is 21.1 Å². The highest BCUT2D eigenvalue weighted by molar-refractivity contribution is 6.32. The predicted octanol–water partition coefficient (Wildman–Crippen LogP) is 2.53. The molecule has 0 aliphatic carbocycles. The Bertz CT molecular complexity index is 886. The molecule has 0 unspecified atom stereocenters. The summed E-state index contributed by atoms with van der Waals surface area (Å²) in [6.07, 6.45) is 1.20. The predicted molar refractivity (Wildman–Crippen MR) is 116 cm³/mol. The van der Waals surface area contributed by atoms with Crippen molar-refractivity contribution < 1.29 is 19.4 Å². The lowest BCUT2D eigenvalue weighted by Crippen LogP contribution is -2.29. The molecular weight excluding hydrogens is 406 g/mol. The molecule has 1 aliphatic rings. The zero-order valence-corrected chi connectivity index (χ0v) is 17.6. The van der Waals surface area contributed by atoms with Crippen molar-refractivity contribution in [1.82, 2.24) is 10.7 Å². The molecule has 3 N–H and O–H groups in total. The van der Waals surface area contributed by atoms with Gasteiger partial charge in [-0.1, -0.05) is 23.7 Å². The van der Waals surface area contributed by atoms with Crippen LogP contribution in [0.5, 0.6) is 11.5 Å². The van der Waals surface area contributed by atoms with Gasteiger partial charge >= 0.3 is 0 Å². The van der Waals surface area contributed by atoms with Crippen molar-refractivity contribution >= 4 is 23.2 Å². The molecule has 0 bridgehead atoms. The Kier molecular flexibility index (Phi) is 8.07. The lowest BCUT2D eigenvalue weighted by atomic mass is 10.0. The van der Waals surface area contributed by atoms with Crippen LogP contribution in [0.15, 0.2) is 47.6 Å². The van der Waals surface area contributed by atoms with E-state index in [0.717, 1.165) is 29.0 Å². The van der Waals surface area contributed by atoms with Gasteiger partial charge in [-0.15, -0.1) is 0 Å². The van der Waals surface area contributed by atoms with Gasteiger partial charge in [0.15, 0.2) is 0 Å². The molecule has 160 valence electrons. The molecule has 7 nitrogen and oxygen atoms in total. The monoisotopic (exact) mass is 431 g/mol. The topological polar surface area (TPSA) is 92.2 Å². The van der Waals surface area contributed by atoms with Crippen molar-refractivity contribution in [3.05, 3.63) is 58.6 Å². The highest BCUT2D eigenvalue weighted by Crippen LogP contribution is 2.27. The van der Waals surface area contributed by atoms with Gasteiger partial charge in [-0.05, 0) is 48.5 Å². The van der Waals surface area contributed by atoms with Crippen molar-refractivity contribution in [2.45, 2.75) is 25.4 Å². The zero-order valence-electron chi connectivity index (χ0n) is 16.9. The largest absolute Gasteiger partial charge is 0.492 e. The highest BCUT2D eigenvalue weighted by Gasteiger charge is 2.14. The normalized spacial score (nSPS) is 14.6. The van der Waals surface area contributed by atoms with Crippen LogP contribution >= 0.6 is 11.6 Å². The Morgan fingerprint density at radius 2 is 2.00 bits per heavy atom. The molecule has 3 rings (SSSR count). The van der Waals surface area contributed by atoms with Crippen LogP contribution in [0.4, 0.5) is 0 Å². The quantitative estimate of drug-likeness (QED) is 0.537. The lowest BCUT2D eigenvalue weighted by molar-refractivity contribution is -0.121. The van der Waals surface area contributed by atoms with Gasteiger partial charge in [0.1, 0.15) is 24.2 Å². The number of nitrogens with zero attached hydrogens (tertiary/aromatic N) is 1. The van der Waals surface area contributed by atoms with Crippen molar-refractivity contribution in [2.75, 3.05) is 26.8 Å². The van der Waals surface area contributed by atoms with Gasteiger partial charge in [-0.3, -0.25) is 4.79 Å². The van der Waals surface area contributed by atoms with Gasteiger partial charge < -0.3 is 19.9 Å². The van der Waals surface area contributed by atoms with Gasteiger partial charge in [0.05, 0.1) is 17.3 Å². The van der Waals surface area contributed by atoms with E-state index in [-0.39, 0.29) is 12.5 Å². The first kappa shape index (κ1) is 22.1. The number of halogens is 1. The van der Waals surface area contributed by atoms with Gasteiger partial charge in [-0.2, -0.15) is 5.10 Å². The fourth-order valence-corrected chi connectivity index (χ4v) is 3.23. The average Bonchev–Trinajstić information content (AvgIpc) is 2.75. The van der Waals surface area contributed by atoms with Gasteiger partial charge in [0, 0.05) is 25.8 Å². The third-order valence-electron chi connectivity index (χ3n) is 4.62. The van der Waals surface area contributed by atoms with E-state index in [9.17, 15) is 9.90 Å². The molecule has 0 saturated carbocycles. The maximum Gasteiger partial charge on any atom is 0.240 e. The van der Waals surface area contributed by atoms with Crippen LogP contribution in [0.2, 0.25) is 5.02 Å². The molecule has 1 atom stereocenters. The number of hydrazone groups is 1. The van der Waals surface area contributed by atoms with Crippen LogP contribution in [0.25, 0.3) is 0 Å². The van der Waals surface area contributed by atoms with E-state index in [2.05, 4.69) is 15.8 Å². The third-order valence-corrected chi connectivity index (χ3v) is 4.92. The minimum absolute atomic E-state index is 0.0734. The first-order valence-electron chi connectivity index (χ1n) is 9.87. The molecular formula is C22H26ClN3O4. The second-order valence-electron chi connectivity index (χ2n) is 7.00. The Balaban J connectivity index is 1.47. The molecule has 8 heteroatoms. The highest BCUT2D eigenvalue weighted by atomic mass is 35.5. The number of nitrogens with one attached hydrogen (secondary N) is 2. The van der Waals surface area contributed by atoms with E-state index in [1.165, 1.54) is 0 Å². The number of likely N-dealkylation sites (N-methyl/N-ethyl adjacent to an activating group) is 1. The number of carbonyl (C=O) groups is 1. The minimum atomic E-state index is -0.539. The summed E-state index contributed by atoms with van der Waals surface area (Å²) in [5.41, 5.74) is 5.29. The molecule has 2 aromatic rings. The number of aliphatic hydroxyl groups is 1. The zero-order chi connectivity index (χ0) is 21.3. The number of aliphatic hydroxyl groups excluding tert-OH is 1. The molecule has 0 aromatic heterocycles. The van der Waals surface area contributed by atoms with Crippen LogP contribution in [0, 0.1) is 0 Å². The number of carbonyl (C=O) groups excluding carboxylic acids is 1. The number of amides is 1. The lowest BCUT2D eigenvalue weighted by Gasteiger charge is -2.14. The Morgan fingerprint density at radius 3 is 2.67 bits per heavy atom. The molecule has 0 saturated heterocycles. The summed E-state index contributed by atoms with van der Waals surface area (Å²) in [4.78, 5) is 11.2. The molecule has 30 heavy (non-hydrogen) atoms. The summed E-state index contributed by atoms with van der Waals surface area (Å²) in [6.45, 7) is 1.22. The maximum atomic E-state index is 11.2. The SMILES string of the molecule is CNC[C@H](O)COc1ccc(CCOc2ccc(C3=NNC(=O)CC3)cc2Cl)cc1. The molecule has 1 aliphatic heterocycles. The fourth-order valence-electron chi connectivity index (χ4n) is 3.00. The van der Waals surface area contributed by atoms with Crippen molar-refractivity contribution in [3.63, 3.8) is 0 Å². The number of hydrogen-bond acceptors (Lipinski definition) is 6. The smallest absolute Gasteiger partial charge is 0.240 e. The van der Waals surface area contributed by atoms with Crippen LogP contribution in [-0.4, -0.2) is 49.6 Å². The second-order valence-corrected chi connectivity index (χ2v) is 7.41. The molecule has 0 radical (unpaired) electrons. The minimum Gasteiger partial charge on any atom is -0.492 e. The van der Waals surface area contributed by atoms with Crippen molar-refractivity contribution in [1.29, 1.82) is 0 Å². The van der Waals surface area contributed by atoms with Gasteiger partial charge in [0.2, 0.25) is 5.91 Å². The van der Waals surface area contributed by atoms with Gasteiger partial charge in [-0.25, -0.2) is 5.43 Å². The van der Waals surface area contributed by atoms with E-state index in [1.807, 2.05) is 42.5 Å². The molecule has 0 fully saturated rings. The maximum absolute atomic E-state index is 11.2. The summed E-state index contributed by atoms with van der Waals surface area (Å²) in [6, 6.07) is 13.2. The van der Waals surface area contributed by atoms with E-state index < -0.39 is 6.10 Å². The third kappa shape index (κ3) is 6.45. The molecule has 1 heterocycles. The summed E-state index contributed by atoms with van der Waals surface area (Å²) in [5, 5.41) is 17.2. The standard InChI is InChI=1S/C22H26ClN3O4/c1-24-13-17(27)14-30-18-5-2-15(3-6-18)10-11-29-21-8-4-16(12-19(21)23)20-7-9-22(28)26-25-20/h2-6,8,12,17,24,27H,7,9-11,13-14H2,1H3,(H,26,28)/t17-/m0/s1. The number of benzene rings is 2. The summed E-state index contributed by atoms with van der Waals surface area (Å²) in [5.74, 6) is 1.25. The molecule has 1 amide bonds. The van der Waals surface area contributed by atoms with E-state index in [0.29, 0.717) is 36.8 Å². The molecule has 2 aromatic carbocycles. The average molecular weight is 432 g/mol. The number of ether oxygens (including phenoxy) is 2. The van der Waals surface area contributed by atoms with Crippen LogP contribution in [0.3, 0.4) is 0 Å². The Hall–Kier alpha value is -2.61. The van der Waals surface area contributed by atoms with E-state index >= 15 is 0 Å². The number of hydrogen-bond donors (Lipinski definition) is 3. The summed E-state index contributed by atoms with van der Waals surface area (Å²) < 4.78 is 11.4. The van der Waals surface area contributed by atoms with Crippen LogP contribution < -0.4 is 20.2 Å². The Labute approximate surface area is 181 Å². The fraction of sp³-hybridized carbons (Fsp3) is 0.364. The first-order valence-corrected chi connectivity index (χ1v) is 10.3. The molecule has 0 spiro atoms. The Morgan fingerprint density at radius 1 is 1.20 bits per heavy atom. The summed E-state index contributed by atoms with van der Waals surface area (Å²) >= 11 is 6.35. The summed E-state index contributed by atoms with van der Waals surface area (Å²) in [7, 11) is 1.79. The second kappa shape index (κ2) is 11.0. The van der Waals surface area contributed by atoms with Gasteiger partial charge in [0.25, 0.3) is 0 Å².